The fraction of sp³-hybridized carbons (Fsp3) is 0.333. The van der Waals surface area contributed by atoms with Crippen molar-refractivity contribution >= 4 is 5.91 Å². The largest absolute Gasteiger partial charge is 0.342 e. The fourth-order valence-electron chi connectivity index (χ4n) is 2.52. The molecule has 0 fully saturated rings. The maximum absolute atomic E-state index is 12.8. The van der Waals surface area contributed by atoms with E-state index in [1.807, 2.05) is 19.9 Å². The molecule has 1 unspecified atom stereocenters. The van der Waals surface area contributed by atoms with Crippen molar-refractivity contribution < 1.29 is 4.79 Å². The molecule has 3 aromatic rings. The van der Waals surface area contributed by atoms with E-state index in [4.69, 9.17) is 0 Å². The number of aromatic nitrogens is 7. The molecular weight excluding hydrogens is 308 g/mol. The Hall–Kier alpha value is -3.10. The molecule has 0 saturated heterocycles. The Kier molecular flexibility index (Phi) is 4.59. The van der Waals surface area contributed by atoms with Crippen LogP contribution >= 0.6 is 0 Å². The number of H-pyrrole nitrogens is 1. The number of aromatic amines is 1. The highest BCUT2D eigenvalue weighted by molar-refractivity contribution is 6.00. The maximum Gasteiger partial charge on any atom is 0.252 e. The van der Waals surface area contributed by atoms with E-state index in [0.29, 0.717) is 29.9 Å². The summed E-state index contributed by atoms with van der Waals surface area (Å²) in [5, 5.41) is 21.0. The summed E-state index contributed by atoms with van der Waals surface area (Å²) in [6, 6.07) is 6.92. The Balaban J connectivity index is 1.87. The third kappa shape index (κ3) is 3.00. The van der Waals surface area contributed by atoms with E-state index >= 15 is 0 Å². The van der Waals surface area contributed by atoms with Gasteiger partial charge in [-0.05, 0) is 24.6 Å². The number of benzene rings is 1. The molecule has 0 saturated carbocycles. The Morgan fingerprint density at radius 2 is 2.17 bits per heavy atom. The van der Waals surface area contributed by atoms with Gasteiger partial charge in [-0.2, -0.15) is 10.3 Å². The van der Waals surface area contributed by atoms with Gasteiger partial charge < -0.3 is 5.32 Å². The number of rotatable bonds is 6. The van der Waals surface area contributed by atoms with Crippen molar-refractivity contribution in [2.24, 2.45) is 0 Å². The lowest BCUT2D eigenvalue weighted by Crippen LogP contribution is -2.30. The third-order valence-electron chi connectivity index (χ3n) is 3.73. The van der Waals surface area contributed by atoms with Crippen LogP contribution in [0.1, 0.15) is 42.5 Å². The lowest BCUT2D eigenvalue weighted by atomic mass is 10.1. The van der Waals surface area contributed by atoms with Crippen LogP contribution in [0.4, 0.5) is 0 Å². The highest BCUT2D eigenvalue weighted by Gasteiger charge is 2.21. The monoisotopic (exact) mass is 326 g/mol. The smallest absolute Gasteiger partial charge is 0.252 e. The topological polar surface area (TPSA) is 114 Å². The highest BCUT2D eigenvalue weighted by atomic mass is 16.1. The lowest BCUT2D eigenvalue weighted by Gasteiger charge is -2.17. The summed E-state index contributed by atoms with van der Waals surface area (Å²) in [7, 11) is 0. The molecule has 3 rings (SSSR count). The molecule has 0 bridgehead atoms. The second-order valence-corrected chi connectivity index (χ2v) is 5.15. The summed E-state index contributed by atoms with van der Waals surface area (Å²) >= 11 is 0. The normalized spacial score (nSPS) is 12.1. The van der Waals surface area contributed by atoms with Crippen molar-refractivity contribution in [2.45, 2.75) is 32.9 Å². The molecule has 1 aromatic carbocycles. The van der Waals surface area contributed by atoms with Crippen molar-refractivity contribution in [1.82, 2.24) is 40.7 Å². The van der Waals surface area contributed by atoms with Gasteiger partial charge in [0.05, 0.1) is 11.6 Å². The number of aryl methyl sites for hydroxylation is 1. The second kappa shape index (κ2) is 6.99. The van der Waals surface area contributed by atoms with E-state index in [2.05, 4.69) is 36.0 Å². The molecule has 0 aliphatic rings. The first-order chi connectivity index (χ1) is 11.7. The SMILES string of the molecule is CCC(NC(=O)c1ccccc1-c1nn[nH]n1)c1ncnn1CC. The van der Waals surface area contributed by atoms with E-state index in [1.54, 1.807) is 22.9 Å². The van der Waals surface area contributed by atoms with E-state index in [-0.39, 0.29) is 11.9 Å². The average molecular weight is 326 g/mol. The molecule has 2 aromatic heterocycles. The number of carbonyl (C=O) groups excluding carboxylic acids is 1. The van der Waals surface area contributed by atoms with Gasteiger partial charge >= 0.3 is 0 Å². The van der Waals surface area contributed by atoms with Gasteiger partial charge in [0.15, 0.2) is 0 Å². The van der Waals surface area contributed by atoms with Gasteiger partial charge in [0.25, 0.3) is 5.91 Å². The summed E-state index contributed by atoms with van der Waals surface area (Å²) in [6.07, 6.45) is 2.20. The number of nitrogens with one attached hydrogen (secondary N) is 2. The van der Waals surface area contributed by atoms with E-state index in [9.17, 15) is 4.79 Å². The van der Waals surface area contributed by atoms with Crippen LogP contribution in [-0.2, 0) is 6.54 Å². The number of tetrazole rings is 1. The van der Waals surface area contributed by atoms with Crippen LogP contribution in [0.2, 0.25) is 0 Å². The fourth-order valence-corrected chi connectivity index (χ4v) is 2.52. The first-order valence-electron chi connectivity index (χ1n) is 7.76. The quantitative estimate of drug-likeness (QED) is 0.707. The molecule has 0 aliphatic carbocycles. The van der Waals surface area contributed by atoms with Gasteiger partial charge in [-0.15, -0.1) is 10.2 Å². The number of hydrogen-bond donors (Lipinski definition) is 2. The highest BCUT2D eigenvalue weighted by Crippen LogP contribution is 2.21. The zero-order valence-corrected chi connectivity index (χ0v) is 13.5. The van der Waals surface area contributed by atoms with Crippen LogP contribution < -0.4 is 5.32 Å². The van der Waals surface area contributed by atoms with Crippen LogP contribution in [0, 0.1) is 0 Å². The minimum absolute atomic E-state index is 0.215. The van der Waals surface area contributed by atoms with Crippen molar-refractivity contribution in [1.29, 1.82) is 0 Å². The average Bonchev–Trinajstić information content (AvgIpc) is 3.30. The summed E-state index contributed by atoms with van der Waals surface area (Å²) in [5.41, 5.74) is 1.11. The van der Waals surface area contributed by atoms with Gasteiger partial charge in [0.2, 0.25) is 5.82 Å². The molecule has 2 N–H and O–H groups in total. The minimum atomic E-state index is -0.224. The van der Waals surface area contributed by atoms with Crippen LogP contribution in [0.5, 0.6) is 0 Å². The van der Waals surface area contributed by atoms with Crippen molar-refractivity contribution in [3.8, 4) is 11.4 Å². The van der Waals surface area contributed by atoms with Crippen molar-refractivity contribution in [3.63, 3.8) is 0 Å². The van der Waals surface area contributed by atoms with Gasteiger partial charge in [0, 0.05) is 12.1 Å². The zero-order valence-electron chi connectivity index (χ0n) is 13.5. The number of amides is 1. The van der Waals surface area contributed by atoms with Crippen LogP contribution in [0.25, 0.3) is 11.4 Å². The molecule has 0 spiro atoms. The molecule has 124 valence electrons. The number of carbonyl (C=O) groups is 1. The first kappa shape index (κ1) is 15.8. The van der Waals surface area contributed by atoms with Crippen LogP contribution in [0.15, 0.2) is 30.6 Å². The molecule has 0 radical (unpaired) electrons. The van der Waals surface area contributed by atoms with Crippen molar-refractivity contribution in [3.05, 3.63) is 42.0 Å². The molecule has 1 amide bonds. The second-order valence-electron chi connectivity index (χ2n) is 5.15. The Morgan fingerprint density at radius 3 is 2.88 bits per heavy atom. The minimum Gasteiger partial charge on any atom is -0.342 e. The number of hydrogen-bond acceptors (Lipinski definition) is 6. The first-order valence-corrected chi connectivity index (χ1v) is 7.76. The van der Waals surface area contributed by atoms with E-state index in [1.165, 1.54) is 6.33 Å². The summed E-state index contributed by atoms with van der Waals surface area (Å²) in [5.74, 6) is 0.906. The predicted octanol–water partition coefficient (Wildman–Crippen LogP) is 1.36. The van der Waals surface area contributed by atoms with E-state index < -0.39 is 0 Å². The maximum atomic E-state index is 12.8. The zero-order chi connectivity index (χ0) is 16.9. The number of nitrogens with zero attached hydrogens (tertiary/aromatic N) is 6. The summed E-state index contributed by atoms with van der Waals surface area (Å²) < 4.78 is 1.78. The Labute approximate surface area is 138 Å². The molecule has 2 heterocycles. The summed E-state index contributed by atoms with van der Waals surface area (Å²) in [4.78, 5) is 17.0. The molecule has 1 atom stereocenters. The molecule has 24 heavy (non-hydrogen) atoms. The standard InChI is InChI=1S/C15H18N8O/c1-3-12(14-16-9-17-23(14)4-2)18-15(24)11-8-6-5-7-10(11)13-19-21-22-20-13/h5-9,12H,3-4H2,1-2H3,(H,18,24)(H,19,20,21,22). The predicted molar refractivity (Wildman–Crippen MR) is 85.8 cm³/mol. The molecule has 0 aliphatic heterocycles. The molecular formula is C15H18N8O. The Morgan fingerprint density at radius 1 is 1.33 bits per heavy atom. The summed E-state index contributed by atoms with van der Waals surface area (Å²) in [6.45, 7) is 4.67. The van der Waals surface area contributed by atoms with Gasteiger partial charge in [-0.25, -0.2) is 9.67 Å². The van der Waals surface area contributed by atoms with Gasteiger partial charge in [-0.3, -0.25) is 4.79 Å². The van der Waals surface area contributed by atoms with Crippen LogP contribution in [0.3, 0.4) is 0 Å². The Bertz CT molecular complexity index is 811. The van der Waals surface area contributed by atoms with Gasteiger partial charge in [0.1, 0.15) is 12.2 Å². The van der Waals surface area contributed by atoms with Crippen LogP contribution in [-0.4, -0.2) is 41.3 Å². The molecule has 9 nitrogen and oxygen atoms in total. The van der Waals surface area contributed by atoms with E-state index in [0.717, 1.165) is 5.82 Å². The third-order valence-corrected chi connectivity index (χ3v) is 3.73. The van der Waals surface area contributed by atoms with Crippen molar-refractivity contribution in [2.75, 3.05) is 0 Å². The lowest BCUT2D eigenvalue weighted by molar-refractivity contribution is 0.0933. The van der Waals surface area contributed by atoms with Gasteiger partial charge in [-0.1, -0.05) is 25.1 Å². The molecule has 9 heteroatoms.